The third-order valence-corrected chi connectivity index (χ3v) is 2.66. The number of rotatable bonds is 8. The molecular weight excluding hydrogens is 226 g/mol. The van der Waals surface area contributed by atoms with Gasteiger partial charge in [0.05, 0.1) is 12.7 Å². The summed E-state index contributed by atoms with van der Waals surface area (Å²) in [6.45, 7) is 8.30. The smallest absolute Gasteiger partial charge is 0.119 e. The van der Waals surface area contributed by atoms with Gasteiger partial charge in [-0.1, -0.05) is 26.0 Å². The van der Waals surface area contributed by atoms with Crippen LogP contribution in [-0.4, -0.2) is 24.4 Å². The molecule has 1 atom stereocenters. The molecule has 0 radical (unpaired) electrons. The molecule has 0 saturated carbocycles. The van der Waals surface area contributed by atoms with Gasteiger partial charge in [-0.25, -0.2) is 0 Å². The molecule has 1 unspecified atom stereocenters. The second kappa shape index (κ2) is 8.11. The number of hydrogen-bond donors (Lipinski definition) is 2. The quantitative estimate of drug-likeness (QED) is 0.746. The summed E-state index contributed by atoms with van der Waals surface area (Å²) >= 11 is 0. The van der Waals surface area contributed by atoms with Crippen LogP contribution < -0.4 is 10.1 Å². The van der Waals surface area contributed by atoms with Crippen molar-refractivity contribution in [2.24, 2.45) is 5.92 Å². The molecule has 0 aliphatic rings. The van der Waals surface area contributed by atoms with Gasteiger partial charge in [-0.05, 0) is 37.0 Å². The third kappa shape index (κ3) is 6.03. The molecule has 0 spiro atoms. The number of aliphatic hydroxyl groups is 1. The summed E-state index contributed by atoms with van der Waals surface area (Å²) in [5.74, 6) is 1.43. The molecule has 2 N–H and O–H groups in total. The van der Waals surface area contributed by atoms with Crippen LogP contribution in [0, 0.1) is 5.92 Å². The van der Waals surface area contributed by atoms with Crippen LogP contribution in [-0.2, 0) is 6.54 Å². The average Bonchev–Trinajstić information content (AvgIpc) is 2.29. The Morgan fingerprint density at radius 1 is 1.33 bits per heavy atom. The molecule has 0 aliphatic heterocycles. The summed E-state index contributed by atoms with van der Waals surface area (Å²) in [4.78, 5) is 0. The molecule has 3 nitrogen and oxygen atoms in total. The molecule has 1 aromatic rings. The zero-order valence-electron chi connectivity index (χ0n) is 11.6. The van der Waals surface area contributed by atoms with Gasteiger partial charge in [-0.3, -0.25) is 0 Å². The van der Waals surface area contributed by atoms with Crippen LogP contribution in [0.5, 0.6) is 5.75 Å². The first-order valence-corrected chi connectivity index (χ1v) is 6.72. The van der Waals surface area contributed by atoms with E-state index in [-0.39, 0.29) is 6.10 Å². The maximum Gasteiger partial charge on any atom is 0.119 e. The predicted molar refractivity (Wildman–Crippen MR) is 74.8 cm³/mol. The fraction of sp³-hybridized carbons (Fsp3) is 0.600. The standard InChI is InChI=1S/C15H25NO2/c1-4-18-15-7-5-6-13(9-15)10-16-11-14(17)8-12(2)3/h5-7,9,12,14,16-17H,4,8,10-11H2,1-3H3. The Morgan fingerprint density at radius 2 is 2.11 bits per heavy atom. The summed E-state index contributed by atoms with van der Waals surface area (Å²) < 4.78 is 5.45. The van der Waals surface area contributed by atoms with E-state index in [0.717, 1.165) is 18.7 Å². The Balaban J connectivity index is 2.32. The Kier molecular flexibility index (Phi) is 6.76. The van der Waals surface area contributed by atoms with Crippen molar-refractivity contribution in [1.82, 2.24) is 5.32 Å². The first kappa shape index (κ1) is 15.0. The highest BCUT2D eigenvalue weighted by atomic mass is 16.5. The molecule has 3 heteroatoms. The lowest BCUT2D eigenvalue weighted by atomic mass is 10.1. The highest BCUT2D eigenvalue weighted by Crippen LogP contribution is 2.13. The van der Waals surface area contributed by atoms with Gasteiger partial charge < -0.3 is 15.2 Å². The topological polar surface area (TPSA) is 41.5 Å². The van der Waals surface area contributed by atoms with Gasteiger partial charge in [0, 0.05) is 13.1 Å². The molecule has 0 aliphatic carbocycles. The van der Waals surface area contributed by atoms with Crippen molar-refractivity contribution in [3.63, 3.8) is 0 Å². The van der Waals surface area contributed by atoms with Gasteiger partial charge >= 0.3 is 0 Å². The Morgan fingerprint density at radius 3 is 2.78 bits per heavy atom. The molecule has 0 saturated heterocycles. The maximum absolute atomic E-state index is 9.75. The van der Waals surface area contributed by atoms with Crippen LogP contribution in [0.15, 0.2) is 24.3 Å². The number of benzene rings is 1. The SMILES string of the molecule is CCOc1cccc(CNCC(O)CC(C)C)c1. The van der Waals surface area contributed by atoms with E-state index >= 15 is 0 Å². The van der Waals surface area contributed by atoms with Crippen LogP contribution >= 0.6 is 0 Å². The molecular formula is C15H25NO2. The molecule has 0 bridgehead atoms. The van der Waals surface area contributed by atoms with E-state index in [1.54, 1.807) is 0 Å². The molecule has 0 heterocycles. The highest BCUT2D eigenvalue weighted by molar-refractivity contribution is 5.28. The summed E-state index contributed by atoms with van der Waals surface area (Å²) in [7, 11) is 0. The van der Waals surface area contributed by atoms with Crippen molar-refractivity contribution < 1.29 is 9.84 Å². The van der Waals surface area contributed by atoms with E-state index in [9.17, 15) is 5.11 Å². The van der Waals surface area contributed by atoms with E-state index in [2.05, 4.69) is 25.2 Å². The van der Waals surface area contributed by atoms with Gasteiger partial charge in [-0.15, -0.1) is 0 Å². The zero-order chi connectivity index (χ0) is 13.4. The summed E-state index contributed by atoms with van der Waals surface area (Å²) in [6, 6.07) is 8.04. The van der Waals surface area contributed by atoms with Gasteiger partial charge in [0.2, 0.25) is 0 Å². The molecule has 0 aromatic heterocycles. The molecule has 18 heavy (non-hydrogen) atoms. The fourth-order valence-electron chi connectivity index (χ4n) is 1.92. The highest BCUT2D eigenvalue weighted by Gasteiger charge is 2.06. The van der Waals surface area contributed by atoms with E-state index < -0.39 is 0 Å². The maximum atomic E-state index is 9.75. The van der Waals surface area contributed by atoms with Gasteiger partial charge in [0.1, 0.15) is 5.75 Å². The van der Waals surface area contributed by atoms with Crippen molar-refractivity contribution in [3.8, 4) is 5.75 Å². The molecule has 1 rings (SSSR count). The minimum atomic E-state index is -0.264. The Labute approximate surface area is 110 Å². The first-order chi connectivity index (χ1) is 8.61. The van der Waals surface area contributed by atoms with Crippen LogP contribution in [0.2, 0.25) is 0 Å². The van der Waals surface area contributed by atoms with Gasteiger partial charge in [0.25, 0.3) is 0 Å². The number of aliphatic hydroxyl groups excluding tert-OH is 1. The van der Waals surface area contributed by atoms with Crippen molar-refractivity contribution in [3.05, 3.63) is 29.8 Å². The number of ether oxygens (including phenoxy) is 1. The van der Waals surface area contributed by atoms with Crippen molar-refractivity contribution >= 4 is 0 Å². The summed E-state index contributed by atoms with van der Waals surface area (Å²) in [5.41, 5.74) is 1.18. The molecule has 1 aromatic carbocycles. The Bertz CT molecular complexity index is 339. The molecule has 102 valence electrons. The van der Waals surface area contributed by atoms with E-state index in [1.165, 1.54) is 5.56 Å². The fourth-order valence-corrected chi connectivity index (χ4v) is 1.92. The average molecular weight is 251 g/mol. The lowest BCUT2D eigenvalue weighted by Gasteiger charge is -2.14. The monoisotopic (exact) mass is 251 g/mol. The van der Waals surface area contributed by atoms with Gasteiger partial charge in [0.15, 0.2) is 0 Å². The van der Waals surface area contributed by atoms with Crippen LogP contribution in [0.25, 0.3) is 0 Å². The van der Waals surface area contributed by atoms with Gasteiger partial charge in [-0.2, -0.15) is 0 Å². The zero-order valence-corrected chi connectivity index (χ0v) is 11.6. The van der Waals surface area contributed by atoms with Crippen LogP contribution in [0.3, 0.4) is 0 Å². The van der Waals surface area contributed by atoms with Crippen molar-refractivity contribution in [1.29, 1.82) is 0 Å². The van der Waals surface area contributed by atoms with Crippen molar-refractivity contribution in [2.45, 2.75) is 39.8 Å². The molecule has 0 amide bonds. The number of nitrogens with one attached hydrogen (secondary N) is 1. The lowest BCUT2D eigenvalue weighted by molar-refractivity contribution is 0.146. The molecule has 0 fully saturated rings. The number of hydrogen-bond acceptors (Lipinski definition) is 3. The normalized spacial score (nSPS) is 12.7. The van der Waals surface area contributed by atoms with E-state index in [0.29, 0.717) is 19.1 Å². The van der Waals surface area contributed by atoms with Crippen molar-refractivity contribution in [2.75, 3.05) is 13.2 Å². The minimum Gasteiger partial charge on any atom is -0.494 e. The second-order valence-electron chi connectivity index (χ2n) is 4.99. The summed E-state index contributed by atoms with van der Waals surface area (Å²) in [6.07, 6.45) is 0.575. The minimum absolute atomic E-state index is 0.264. The lowest BCUT2D eigenvalue weighted by Crippen LogP contribution is -2.27. The third-order valence-electron chi connectivity index (χ3n) is 2.66. The predicted octanol–water partition coefficient (Wildman–Crippen LogP) is 2.58. The van der Waals surface area contributed by atoms with Crippen LogP contribution in [0.1, 0.15) is 32.8 Å². The first-order valence-electron chi connectivity index (χ1n) is 6.72. The van der Waals surface area contributed by atoms with E-state index in [1.807, 2.05) is 25.1 Å². The Hall–Kier alpha value is -1.06. The van der Waals surface area contributed by atoms with Crippen LogP contribution in [0.4, 0.5) is 0 Å². The summed E-state index contributed by atoms with van der Waals surface area (Å²) in [5, 5.41) is 13.0. The largest absolute Gasteiger partial charge is 0.494 e. The van der Waals surface area contributed by atoms with E-state index in [4.69, 9.17) is 4.74 Å². The second-order valence-corrected chi connectivity index (χ2v) is 4.99.